The quantitative estimate of drug-likeness (QED) is 0.591. The topological polar surface area (TPSA) is 63.0 Å². The van der Waals surface area contributed by atoms with Gasteiger partial charge in [-0.25, -0.2) is 4.79 Å². The van der Waals surface area contributed by atoms with Crippen LogP contribution in [0.15, 0.2) is 40.7 Å². The van der Waals surface area contributed by atoms with Gasteiger partial charge in [0.25, 0.3) is 0 Å². The van der Waals surface area contributed by atoms with E-state index >= 15 is 0 Å². The summed E-state index contributed by atoms with van der Waals surface area (Å²) < 4.78 is 4.58. The summed E-state index contributed by atoms with van der Waals surface area (Å²) >= 11 is 0. The summed E-state index contributed by atoms with van der Waals surface area (Å²) in [4.78, 5) is 10.7. The third-order valence-electron chi connectivity index (χ3n) is 1.34. The number of nitrogens with zero attached hydrogens (tertiary/aromatic N) is 2. The molecule has 0 spiro atoms. The summed E-state index contributed by atoms with van der Waals surface area (Å²) in [6.45, 7) is 2.03. The summed E-state index contributed by atoms with van der Waals surface area (Å²) in [5.74, 6) is 0. The lowest BCUT2D eigenvalue weighted by Crippen LogP contribution is -2.17. The Balaban J connectivity index is 2.38. The molecule has 1 aromatic rings. The second kappa shape index (κ2) is 5.69. The van der Waals surface area contributed by atoms with Gasteiger partial charge < -0.3 is 4.74 Å². The fourth-order valence-electron chi connectivity index (χ4n) is 0.782. The van der Waals surface area contributed by atoms with Gasteiger partial charge in [-0.1, -0.05) is 23.4 Å². The van der Waals surface area contributed by atoms with E-state index in [0.29, 0.717) is 12.3 Å². The van der Waals surface area contributed by atoms with Gasteiger partial charge in [0.15, 0.2) is 0 Å². The van der Waals surface area contributed by atoms with Crippen LogP contribution in [-0.2, 0) is 4.74 Å². The molecular weight excluding hydrogens is 182 g/mol. The van der Waals surface area contributed by atoms with Crippen LogP contribution in [0.5, 0.6) is 0 Å². The first-order valence-electron chi connectivity index (χ1n) is 4.21. The average Bonchev–Trinajstić information content (AvgIpc) is 2.20. The highest BCUT2D eigenvalue weighted by molar-refractivity contribution is 5.66. The molecule has 1 rings (SSSR count). The number of carbonyl (C=O) groups is 1. The standard InChI is InChI=1S/C9H11N3O2/c1-2-14-9(13)11-12-10-8-6-4-3-5-7-8/h3-7H,2H2,1H3,(H,10,11,13). The molecule has 1 N–H and O–H groups in total. The lowest BCUT2D eigenvalue weighted by molar-refractivity contribution is 0.152. The molecule has 0 saturated heterocycles. The first-order chi connectivity index (χ1) is 6.83. The Morgan fingerprint density at radius 3 is 2.79 bits per heavy atom. The molecule has 0 aliphatic rings. The van der Waals surface area contributed by atoms with Crippen LogP contribution in [-0.4, -0.2) is 12.7 Å². The third-order valence-corrected chi connectivity index (χ3v) is 1.34. The van der Waals surface area contributed by atoms with Crippen molar-refractivity contribution in [2.75, 3.05) is 6.61 Å². The van der Waals surface area contributed by atoms with Crippen molar-refractivity contribution in [3.05, 3.63) is 30.3 Å². The summed E-state index contributed by atoms with van der Waals surface area (Å²) in [6, 6.07) is 9.09. The Morgan fingerprint density at radius 2 is 2.14 bits per heavy atom. The number of benzene rings is 1. The van der Waals surface area contributed by atoms with Crippen molar-refractivity contribution in [2.45, 2.75) is 6.92 Å². The van der Waals surface area contributed by atoms with E-state index in [1.165, 1.54) is 0 Å². The van der Waals surface area contributed by atoms with Gasteiger partial charge in [0, 0.05) is 0 Å². The van der Waals surface area contributed by atoms with E-state index in [4.69, 9.17) is 0 Å². The van der Waals surface area contributed by atoms with Gasteiger partial charge in [0.05, 0.1) is 12.3 Å². The highest BCUT2D eigenvalue weighted by atomic mass is 16.5. The van der Waals surface area contributed by atoms with Gasteiger partial charge in [0.2, 0.25) is 0 Å². The maximum Gasteiger partial charge on any atom is 0.429 e. The zero-order valence-corrected chi connectivity index (χ0v) is 7.80. The van der Waals surface area contributed by atoms with Crippen molar-refractivity contribution in [1.29, 1.82) is 0 Å². The molecule has 0 aromatic heterocycles. The fraction of sp³-hybridized carbons (Fsp3) is 0.222. The van der Waals surface area contributed by atoms with E-state index in [-0.39, 0.29) is 0 Å². The highest BCUT2D eigenvalue weighted by Crippen LogP contribution is 2.08. The molecule has 0 atom stereocenters. The van der Waals surface area contributed by atoms with Gasteiger partial charge in [-0.05, 0) is 19.1 Å². The maximum absolute atomic E-state index is 10.7. The molecule has 0 aliphatic carbocycles. The molecule has 0 radical (unpaired) electrons. The van der Waals surface area contributed by atoms with Crippen molar-refractivity contribution < 1.29 is 9.53 Å². The zero-order chi connectivity index (χ0) is 10.2. The van der Waals surface area contributed by atoms with Crippen LogP contribution in [0.25, 0.3) is 0 Å². The third kappa shape index (κ3) is 3.66. The number of nitrogens with one attached hydrogen (secondary N) is 1. The monoisotopic (exact) mass is 193 g/mol. The van der Waals surface area contributed by atoms with E-state index in [1.807, 2.05) is 18.2 Å². The Morgan fingerprint density at radius 1 is 1.43 bits per heavy atom. The summed E-state index contributed by atoms with van der Waals surface area (Å²) in [5.41, 5.74) is 2.80. The maximum atomic E-state index is 10.7. The predicted molar refractivity (Wildman–Crippen MR) is 51.1 cm³/mol. The Kier molecular flexibility index (Phi) is 4.13. The molecule has 1 aromatic carbocycles. The normalized spacial score (nSPS) is 10.1. The molecule has 0 bridgehead atoms. The SMILES string of the molecule is CCOC(=O)NN=Nc1ccccc1. The molecule has 14 heavy (non-hydrogen) atoms. The minimum absolute atomic E-state index is 0.312. The highest BCUT2D eigenvalue weighted by Gasteiger charge is 1.95. The lowest BCUT2D eigenvalue weighted by Gasteiger charge is -1.97. The van der Waals surface area contributed by atoms with E-state index in [0.717, 1.165) is 0 Å². The van der Waals surface area contributed by atoms with Crippen molar-refractivity contribution in [2.24, 2.45) is 10.3 Å². The van der Waals surface area contributed by atoms with E-state index in [2.05, 4.69) is 20.5 Å². The minimum Gasteiger partial charge on any atom is -0.449 e. The molecule has 74 valence electrons. The van der Waals surface area contributed by atoms with Gasteiger partial charge in [-0.15, -0.1) is 5.11 Å². The van der Waals surface area contributed by atoms with Gasteiger partial charge in [-0.2, -0.15) is 5.43 Å². The Labute approximate surface area is 81.8 Å². The van der Waals surface area contributed by atoms with Crippen LogP contribution >= 0.6 is 0 Å². The molecule has 1 amide bonds. The molecule has 5 nitrogen and oxygen atoms in total. The van der Waals surface area contributed by atoms with Crippen LogP contribution in [0.3, 0.4) is 0 Å². The summed E-state index contributed by atoms with van der Waals surface area (Å²) in [5, 5.41) is 7.20. The van der Waals surface area contributed by atoms with Crippen LogP contribution in [0, 0.1) is 0 Å². The first-order valence-corrected chi connectivity index (χ1v) is 4.21. The predicted octanol–water partition coefficient (Wildman–Crippen LogP) is 2.43. The molecule has 0 heterocycles. The van der Waals surface area contributed by atoms with E-state index in [1.54, 1.807) is 19.1 Å². The lowest BCUT2D eigenvalue weighted by atomic mass is 10.3. The van der Waals surface area contributed by atoms with Gasteiger partial charge in [-0.3, -0.25) is 0 Å². The van der Waals surface area contributed by atoms with Crippen LogP contribution in [0.4, 0.5) is 10.5 Å². The average molecular weight is 193 g/mol. The Hall–Kier alpha value is -1.91. The first kappa shape index (κ1) is 10.2. The second-order valence-corrected chi connectivity index (χ2v) is 2.37. The molecule has 0 unspecified atom stereocenters. The number of rotatable bonds is 3. The largest absolute Gasteiger partial charge is 0.449 e. The van der Waals surface area contributed by atoms with Gasteiger partial charge >= 0.3 is 6.09 Å². The van der Waals surface area contributed by atoms with Crippen molar-refractivity contribution >= 4 is 11.8 Å². The van der Waals surface area contributed by atoms with Crippen LogP contribution < -0.4 is 5.43 Å². The fourth-order valence-corrected chi connectivity index (χ4v) is 0.782. The van der Waals surface area contributed by atoms with Crippen LogP contribution in [0.1, 0.15) is 6.92 Å². The van der Waals surface area contributed by atoms with Crippen molar-refractivity contribution in [3.8, 4) is 0 Å². The molecular formula is C9H11N3O2. The molecule has 0 aliphatic heterocycles. The zero-order valence-electron chi connectivity index (χ0n) is 7.80. The number of hydrogen-bond acceptors (Lipinski definition) is 4. The summed E-state index contributed by atoms with van der Waals surface area (Å²) in [6.07, 6.45) is -0.604. The van der Waals surface area contributed by atoms with Gasteiger partial charge in [0.1, 0.15) is 0 Å². The molecule has 0 fully saturated rings. The van der Waals surface area contributed by atoms with E-state index < -0.39 is 6.09 Å². The number of ether oxygens (including phenoxy) is 1. The molecule has 0 saturated carbocycles. The van der Waals surface area contributed by atoms with Crippen LogP contribution in [0.2, 0.25) is 0 Å². The number of carbonyl (C=O) groups excluding carboxylic acids is 1. The minimum atomic E-state index is -0.604. The molecule has 5 heteroatoms. The second-order valence-electron chi connectivity index (χ2n) is 2.37. The van der Waals surface area contributed by atoms with Crippen molar-refractivity contribution in [1.82, 2.24) is 5.43 Å². The smallest absolute Gasteiger partial charge is 0.429 e. The number of amides is 1. The summed E-state index contributed by atoms with van der Waals surface area (Å²) in [7, 11) is 0. The van der Waals surface area contributed by atoms with E-state index in [9.17, 15) is 4.79 Å². The number of hydrogen-bond donors (Lipinski definition) is 1. The Bertz CT molecular complexity index is 311. The van der Waals surface area contributed by atoms with Crippen molar-refractivity contribution in [3.63, 3.8) is 0 Å².